The maximum Gasteiger partial charge on any atom is 0.410 e. The van der Waals surface area contributed by atoms with Crippen LogP contribution in [0.1, 0.15) is 56.8 Å². The standard InChI is InChI=1S/C20H29NO4/c1-20(2,3)25-19(23)21-12-10-16(11-13-21)7-6-14-24-18-9-5-4-8-17(18)15-22/h4-5,8-9,15-16H,6-7,10-14H2,1-3H3. The number of ether oxygens (including phenoxy) is 2. The molecule has 1 heterocycles. The average Bonchev–Trinajstić information content (AvgIpc) is 2.58. The fourth-order valence-electron chi connectivity index (χ4n) is 2.99. The molecule has 2 rings (SSSR count). The molecule has 1 aliphatic heterocycles. The summed E-state index contributed by atoms with van der Waals surface area (Å²) in [7, 11) is 0. The Morgan fingerprint density at radius 2 is 1.92 bits per heavy atom. The number of para-hydroxylation sites is 1. The Balaban J connectivity index is 1.65. The van der Waals surface area contributed by atoms with Crippen LogP contribution in [-0.2, 0) is 4.74 Å². The molecule has 0 spiro atoms. The minimum Gasteiger partial charge on any atom is -0.493 e. The molecule has 1 aromatic carbocycles. The van der Waals surface area contributed by atoms with Crippen molar-refractivity contribution in [2.45, 2.75) is 52.1 Å². The number of hydrogen-bond donors (Lipinski definition) is 0. The molecule has 0 N–H and O–H groups in total. The van der Waals surface area contributed by atoms with E-state index in [2.05, 4.69) is 0 Å². The highest BCUT2D eigenvalue weighted by molar-refractivity contribution is 5.79. The number of aldehydes is 1. The van der Waals surface area contributed by atoms with Gasteiger partial charge >= 0.3 is 6.09 Å². The summed E-state index contributed by atoms with van der Waals surface area (Å²) >= 11 is 0. The number of carbonyl (C=O) groups is 2. The number of amides is 1. The molecule has 0 saturated carbocycles. The van der Waals surface area contributed by atoms with E-state index in [1.165, 1.54) is 0 Å². The van der Waals surface area contributed by atoms with Gasteiger partial charge in [-0.05, 0) is 64.5 Å². The normalized spacial score (nSPS) is 15.7. The first-order valence-electron chi connectivity index (χ1n) is 9.04. The van der Waals surface area contributed by atoms with Gasteiger partial charge in [-0.25, -0.2) is 4.79 Å². The Kier molecular flexibility index (Phi) is 6.85. The monoisotopic (exact) mass is 347 g/mol. The van der Waals surface area contributed by atoms with Gasteiger partial charge in [0.2, 0.25) is 0 Å². The van der Waals surface area contributed by atoms with Gasteiger partial charge in [0.25, 0.3) is 0 Å². The summed E-state index contributed by atoms with van der Waals surface area (Å²) < 4.78 is 11.1. The van der Waals surface area contributed by atoms with E-state index in [9.17, 15) is 9.59 Å². The van der Waals surface area contributed by atoms with Crippen molar-refractivity contribution in [1.29, 1.82) is 0 Å². The molecule has 138 valence electrons. The molecule has 1 saturated heterocycles. The van der Waals surface area contributed by atoms with Crippen LogP contribution in [0.4, 0.5) is 4.79 Å². The summed E-state index contributed by atoms with van der Waals surface area (Å²) in [6.07, 6.45) is 4.64. The molecule has 5 nitrogen and oxygen atoms in total. The minimum absolute atomic E-state index is 0.209. The maximum absolute atomic E-state index is 12.1. The third-order valence-corrected chi connectivity index (χ3v) is 4.33. The Morgan fingerprint density at radius 3 is 2.56 bits per heavy atom. The predicted molar refractivity (Wildman–Crippen MR) is 97.1 cm³/mol. The van der Waals surface area contributed by atoms with Crippen molar-refractivity contribution in [1.82, 2.24) is 4.90 Å². The van der Waals surface area contributed by atoms with Gasteiger partial charge in [-0.1, -0.05) is 12.1 Å². The molecular weight excluding hydrogens is 318 g/mol. The quantitative estimate of drug-likeness (QED) is 0.568. The first-order valence-corrected chi connectivity index (χ1v) is 9.04. The van der Waals surface area contributed by atoms with Crippen molar-refractivity contribution in [3.63, 3.8) is 0 Å². The van der Waals surface area contributed by atoms with Crippen molar-refractivity contribution in [2.75, 3.05) is 19.7 Å². The Hall–Kier alpha value is -2.04. The second kappa shape index (κ2) is 8.88. The van der Waals surface area contributed by atoms with Crippen LogP contribution in [0.5, 0.6) is 5.75 Å². The molecule has 0 bridgehead atoms. The SMILES string of the molecule is CC(C)(C)OC(=O)N1CCC(CCCOc2ccccc2C=O)CC1. The predicted octanol–water partition coefficient (Wildman–Crippen LogP) is 4.31. The molecule has 5 heteroatoms. The van der Waals surface area contributed by atoms with Crippen LogP contribution in [-0.4, -0.2) is 42.6 Å². The van der Waals surface area contributed by atoms with E-state index in [1.54, 1.807) is 11.0 Å². The topological polar surface area (TPSA) is 55.8 Å². The van der Waals surface area contributed by atoms with Gasteiger partial charge in [0.15, 0.2) is 6.29 Å². The zero-order valence-corrected chi connectivity index (χ0v) is 15.5. The van der Waals surface area contributed by atoms with E-state index in [-0.39, 0.29) is 6.09 Å². The zero-order valence-electron chi connectivity index (χ0n) is 15.5. The van der Waals surface area contributed by atoms with Crippen LogP contribution in [0.2, 0.25) is 0 Å². The van der Waals surface area contributed by atoms with Crippen molar-refractivity contribution >= 4 is 12.4 Å². The van der Waals surface area contributed by atoms with E-state index in [4.69, 9.17) is 9.47 Å². The molecule has 1 aliphatic rings. The summed E-state index contributed by atoms with van der Waals surface area (Å²) in [6.45, 7) is 7.79. The van der Waals surface area contributed by atoms with E-state index >= 15 is 0 Å². The van der Waals surface area contributed by atoms with Gasteiger partial charge in [0.05, 0.1) is 12.2 Å². The molecule has 1 aromatic rings. The molecule has 0 unspecified atom stereocenters. The van der Waals surface area contributed by atoms with Gasteiger partial charge in [0, 0.05) is 13.1 Å². The summed E-state index contributed by atoms with van der Waals surface area (Å²) in [4.78, 5) is 24.8. The first-order chi connectivity index (χ1) is 11.9. The van der Waals surface area contributed by atoms with E-state index in [1.807, 2.05) is 39.0 Å². The fraction of sp³-hybridized carbons (Fsp3) is 0.600. The van der Waals surface area contributed by atoms with E-state index in [0.717, 1.165) is 45.1 Å². The number of nitrogens with zero attached hydrogens (tertiary/aromatic N) is 1. The lowest BCUT2D eigenvalue weighted by molar-refractivity contribution is 0.0179. The van der Waals surface area contributed by atoms with Gasteiger partial charge in [-0.2, -0.15) is 0 Å². The number of carbonyl (C=O) groups excluding carboxylic acids is 2. The molecule has 0 atom stereocenters. The van der Waals surface area contributed by atoms with Gasteiger partial charge in [-0.15, -0.1) is 0 Å². The van der Waals surface area contributed by atoms with E-state index in [0.29, 0.717) is 23.8 Å². The smallest absolute Gasteiger partial charge is 0.410 e. The maximum atomic E-state index is 12.1. The van der Waals surface area contributed by atoms with Crippen molar-refractivity contribution in [3.05, 3.63) is 29.8 Å². The number of piperidine rings is 1. The molecule has 0 aliphatic carbocycles. The van der Waals surface area contributed by atoms with Crippen LogP contribution in [0, 0.1) is 5.92 Å². The van der Waals surface area contributed by atoms with E-state index < -0.39 is 5.60 Å². The molecule has 1 amide bonds. The minimum atomic E-state index is -0.441. The number of rotatable bonds is 6. The van der Waals surface area contributed by atoms with Gasteiger partial charge in [0.1, 0.15) is 11.4 Å². The summed E-state index contributed by atoms with van der Waals surface area (Å²) in [6, 6.07) is 7.28. The third-order valence-electron chi connectivity index (χ3n) is 4.33. The third kappa shape index (κ3) is 6.40. The molecule has 0 aromatic heterocycles. The van der Waals surface area contributed by atoms with Gasteiger partial charge < -0.3 is 14.4 Å². The van der Waals surface area contributed by atoms with Crippen molar-refractivity contribution < 1.29 is 19.1 Å². The second-order valence-electron chi connectivity index (χ2n) is 7.56. The average molecular weight is 347 g/mol. The van der Waals surface area contributed by atoms with Crippen molar-refractivity contribution in [2.24, 2.45) is 5.92 Å². The summed E-state index contributed by atoms with van der Waals surface area (Å²) in [5, 5.41) is 0. The molecule has 1 fully saturated rings. The first kappa shape index (κ1) is 19.3. The second-order valence-corrected chi connectivity index (χ2v) is 7.56. The lowest BCUT2D eigenvalue weighted by Crippen LogP contribution is -2.41. The summed E-state index contributed by atoms with van der Waals surface area (Å²) in [5.74, 6) is 1.26. The van der Waals surface area contributed by atoms with Crippen LogP contribution in [0.25, 0.3) is 0 Å². The molecular formula is C20H29NO4. The van der Waals surface area contributed by atoms with Crippen LogP contribution in [0.15, 0.2) is 24.3 Å². The summed E-state index contributed by atoms with van der Waals surface area (Å²) in [5.41, 5.74) is 0.150. The van der Waals surface area contributed by atoms with Gasteiger partial charge in [-0.3, -0.25) is 4.79 Å². The lowest BCUT2D eigenvalue weighted by atomic mass is 9.92. The highest BCUT2D eigenvalue weighted by Gasteiger charge is 2.26. The highest BCUT2D eigenvalue weighted by atomic mass is 16.6. The van der Waals surface area contributed by atoms with Crippen molar-refractivity contribution in [3.8, 4) is 5.75 Å². The Bertz CT molecular complexity index is 571. The molecule has 0 radical (unpaired) electrons. The highest BCUT2D eigenvalue weighted by Crippen LogP contribution is 2.24. The number of benzene rings is 1. The Morgan fingerprint density at radius 1 is 1.24 bits per heavy atom. The van der Waals surface area contributed by atoms with Crippen LogP contribution >= 0.6 is 0 Å². The molecule has 25 heavy (non-hydrogen) atoms. The largest absolute Gasteiger partial charge is 0.493 e. The number of hydrogen-bond acceptors (Lipinski definition) is 4. The van der Waals surface area contributed by atoms with Crippen LogP contribution in [0.3, 0.4) is 0 Å². The zero-order chi connectivity index (χ0) is 18.3. The fourth-order valence-corrected chi connectivity index (χ4v) is 2.99. The Labute approximate surface area is 150 Å². The van der Waals surface area contributed by atoms with Crippen LogP contribution < -0.4 is 4.74 Å². The number of likely N-dealkylation sites (tertiary alicyclic amines) is 1. The lowest BCUT2D eigenvalue weighted by Gasteiger charge is -2.33.